The molecule has 0 aromatic heterocycles. The second-order valence-electron chi connectivity index (χ2n) is 4.68. The molecule has 1 aliphatic rings. The van der Waals surface area contributed by atoms with Crippen molar-refractivity contribution in [1.29, 1.82) is 0 Å². The molecule has 0 radical (unpaired) electrons. The third kappa shape index (κ3) is 2.53. The van der Waals surface area contributed by atoms with Gasteiger partial charge >= 0.3 is 0 Å². The van der Waals surface area contributed by atoms with Crippen molar-refractivity contribution in [3.63, 3.8) is 0 Å². The molecule has 1 aromatic rings. The normalized spacial score (nSPS) is 24.1. The van der Waals surface area contributed by atoms with Crippen LogP contribution in [0.2, 0.25) is 0 Å². The first-order chi connectivity index (χ1) is 8.65. The largest absolute Gasteiger partial charge is 0.375 e. The molecule has 0 N–H and O–H groups in total. The minimum atomic E-state index is -0.379. The Morgan fingerprint density at radius 2 is 2.33 bits per heavy atom. The summed E-state index contributed by atoms with van der Waals surface area (Å²) in [5.74, 6) is -0.379. The van der Waals surface area contributed by atoms with E-state index in [9.17, 15) is 9.18 Å². The zero-order valence-corrected chi connectivity index (χ0v) is 10.7. The summed E-state index contributed by atoms with van der Waals surface area (Å²) < 4.78 is 18.8. The molecular formula is C14H18FNO2. The van der Waals surface area contributed by atoms with Crippen LogP contribution in [0.25, 0.3) is 0 Å². The Bertz CT molecular complexity index is 436. The predicted octanol–water partition coefficient (Wildman–Crippen LogP) is 2.64. The van der Waals surface area contributed by atoms with Crippen LogP contribution in [0.3, 0.4) is 0 Å². The molecular weight excluding hydrogens is 233 g/mol. The standard InChI is InChI=1S/C14H18FNO2/c1-3-13-9-18-10(2)7-16(13)14-5-4-12(15)6-11(14)8-17/h4-6,8,10,13H,3,7,9H2,1-2H3. The van der Waals surface area contributed by atoms with E-state index in [2.05, 4.69) is 11.8 Å². The van der Waals surface area contributed by atoms with E-state index in [1.165, 1.54) is 12.1 Å². The van der Waals surface area contributed by atoms with E-state index >= 15 is 0 Å². The highest BCUT2D eigenvalue weighted by Gasteiger charge is 2.27. The first kappa shape index (κ1) is 13.0. The first-order valence-corrected chi connectivity index (χ1v) is 6.28. The van der Waals surface area contributed by atoms with Crippen LogP contribution >= 0.6 is 0 Å². The van der Waals surface area contributed by atoms with Gasteiger partial charge in [0.15, 0.2) is 6.29 Å². The van der Waals surface area contributed by atoms with Crippen LogP contribution in [-0.2, 0) is 4.74 Å². The lowest BCUT2D eigenvalue weighted by molar-refractivity contribution is 0.0299. The van der Waals surface area contributed by atoms with Gasteiger partial charge in [-0.3, -0.25) is 4.79 Å². The minimum Gasteiger partial charge on any atom is -0.375 e. The van der Waals surface area contributed by atoms with E-state index in [4.69, 9.17) is 4.74 Å². The monoisotopic (exact) mass is 251 g/mol. The lowest BCUT2D eigenvalue weighted by Crippen LogP contribution is -2.49. The van der Waals surface area contributed by atoms with Crippen LogP contribution in [-0.4, -0.2) is 31.6 Å². The van der Waals surface area contributed by atoms with Gasteiger partial charge in [-0.15, -0.1) is 0 Å². The molecule has 1 fully saturated rings. The molecule has 3 nitrogen and oxygen atoms in total. The molecule has 1 aromatic carbocycles. The first-order valence-electron chi connectivity index (χ1n) is 6.28. The van der Waals surface area contributed by atoms with Crippen molar-refractivity contribution in [1.82, 2.24) is 0 Å². The number of ether oxygens (including phenoxy) is 1. The number of carbonyl (C=O) groups excluding carboxylic acids is 1. The summed E-state index contributed by atoms with van der Waals surface area (Å²) in [6.07, 6.45) is 1.77. The van der Waals surface area contributed by atoms with E-state index in [0.29, 0.717) is 18.5 Å². The third-order valence-corrected chi connectivity index (χ3v) is 3.36. The van der Waals surface area contributed by atoms with Crippen molar-refractivity contribution >= 4 is 12.0 Å². The molecule has 2 rings (SSSR count). The van der Waals surface area contributed by atoms with E-state index in [-0.39, 0.29) is 18.0 Å². The van der Waals surface area contributed by atoms with Gasteiger partial charge in [0.25, 0.3) is 0 Å². The van der Waals surface area contributed by atoms with Crippen LogP contribution in [0, 0.1) is 5.82 Å². The number of hydrogen-bond acceptors (Lipinski definition) is 3. The summed E-state index contributed by atoms with van der Waals surface area (Å²) in [5.41, 5.74) is 1.20. The maximum Gasteiger partial charge on any atom is 0.152 e. The molecule has 2 atom stereocenters. The van der Waals surface area contributed by atoms with Crippen LogP contribution in [0.4, 0.5) is 10.1 Å². The third-order valence-electron chi connectivity index (χ3n) is 3.36. The molecule has 0 saturated carbocycles. The van der Waals surface area contributed by atoms with Crippen LogP contribution in [0.5, 0.6) is 0 Å². The predicted molar refractivity (Wildman–Crippen MR) is 68.6 cm³/mol. The quantitative estimate of drug-likeness (QED) is 0.773. The fourth-order valence-electron chi connectivity index (χ4n) is 2.36. The van der Waals surface area contributed by atoms with Gasteiger partial charge in [0, 0.05) is 17.8 Å². The summed E-state index contributed by atoms with van der Waals surface area (Å²) >= 11 is 0. The molecule has 0 amide bonds. The number of morpholine rings is 1. The minimum absolute atomic E-state index is 0.123. The number of hydrogen-bond donors (Lipinski definition) is 0. The lowest BCUT2D eigenvalue weighted by atomic mass is 10.1. The SMILES string of the molecule is CCC1COC(C)CN1c1ccc(F)cc1C=O. The highest BCUT2D eigenvalue weighted by molar-refractivity contribution is 5.84. The number of aldehydes is 1. The molecule has 1 heterocycles. The van der Waals surface area contributed by atoms with Crippen molar-refractivity contribution in [2.24, 2.45) is 0 Å². The molecule has 0 spiro atoms. The lowest BCUT2D eigenvalue weighted by Gasteiger charge is -2.40. The summed E-state index contributed by atoms with van der Waals surface area (Å²) in [6, 6.07) is 4.61. The smallest absolute Gasteiger partial charge is 0.152 e. The highest BCUT2D eigenvalue weighted by Crippen LogP contribution is 2.26. The molecule has 0 aliphatic carbocycles. The molecule has 4 heteroatoms. The molecule has 18 heavy (non-hydrogen) atoms. The van der Waals surface area contributed by atoms with Crippen molar-refractivity contribution in [2.45, 2.75) is 32.4 Å². The van der Waals surface area contributed by atoms with Gasteiger partial charge in [-0.2, -0.15) is 0 Å². The van der Waals surface area contributed by atoms with E-state index < -0.39 is 0 Å². The zero-order valence-electron chi connectivity index (χ0n) is 10.7. The molecule has 2 unspecified atom stereocenters. The fourth-order valence-corrected chi connectivity index (χ4v) is 2.36. The van der Waals surface area contributed by atoms with E-state index in [0.717, 1.165) is 18.7 Å². The van der Waals surface area contributed by atoms with Crippen molar-refractivity contribution < 1.29 is 13.9 Å². The Morgan fingerprint density at radius 3 is 3.00 bits per heavy atom. The topological polar surface area (TPSA) is 29.5 Å². The van der Waals surface area contributed by atoms with E-state index in [1.54, 1.807) is 6.07 Å². The Balaban J connectivity index is 2.35. The second kappa shape index (κ2) is 5.48. The summed E-state index contributed by atoms with van der Waals surface area (Å²) in [6.45, 7) is 5.46. The number of benzene rings is 1. The number of carbonyl (C=O) groups is 1. The molecule has 1 saturated heterocycles. The highest BCUT2D eigenvalue weighted by atomic mass is 19.1. The summed E-state index contributed by atoms with van der Waals surface area (Å²) in [7, 11) is 0. The second-order valence-corrected chi connectivity index (χ2v) is 4.68. The average Bonchev–Trinajstić information content (AvgIpc) is 2.38. The van der Waals surface area contributed by atoms with Crippen molar-refractivity contribution in [2.75, 3.05) is 18.1 Å². The molecule has 98 valence electrons. The fraction of sp³-hybridized carbons (Fsp3) is 0.500. The maximum atomic E-state index is 13.2. The van der Waals surface area contributed by atoms with Gasteiger partial charge in [-0.1, -0.05) is 6.92 Å². The Labute approximate surface area is 107 Å². The average molecular weight is 251 g/mol. The Kier molecular flexibility index (Phi) is 3.97. The van der Waals surface area contributed by atoms with Crippen molar-refractivity contribution in [3.05, 3.63) is 29.6 Å². The number of anilines is 1. The van der Waals surface area contributed by atoms with Gasteiger partial charge in [-0.25, -0.2) is 4.39 Å². The van der Waals surface area contributed by atoms with Gasteiger partial charge in [0.1, 0.15) is 5.82 Å². The Hall–Kier alpha value is -1.42. The van der Waals surface area contributed by atoms with Gasteiger partial charge < -0.3 is 9.64 Å². The van der Waals surface area contributed by atoms with Crippen LogP contribution in [0.15, 0.2) is 18.2 Å². The number of halogens is 1. The molecule has 0 bridgehead atoms. The summed E-state index contributed by atoms with van der Waals surface area (Å²) in [4.78, 5) is 13.2. The summed E-state index contributed by atoms with van der Waals surface area (Å²) in [5, 5.41) is 0. The van der Waals surface area contributed by atoms with Crippen LogP contribution in [0.1, 0.15) is 30.6 Å². The van der Waals surface area contributed by atoms with Gasteiger partial charge in [-0.05, 0) is 31.5 Å². The Morgan fingerprint density at radius 1 is 1.56 bits per heavy atom. The van der Waals surface area contributed by atoms with E-state index in [1.807, 2.05) is 6.92 Å². The number of nitrogens with zero attached hydrogens (tertiary/aromatic N) is 1. The van der Waals surface area contributed by atoms with Gasteiger partial charge in [0.05, 0.1) is 18.8 Å². The molecule has 1 aliphatic heterocycles. The van der Waals surface area contributed by atoms with Crippen molar-refractivity contribution in [3.8, 4) is 0 Å². The maximum absolute atomic E-state index is 13.2. The zero-order chi connectivity index (χ0) is 13.1. The van der Waals surface area contributed by atoms with Crippen LogP contribution < -0.4 is 4.90 Å². The van der Waals surface area contributed by atoms with Gasteiger partial charge in [0.2, 0.25) is 0 Å². The number of rotatable bonds is 3.